The van der Waals surface area contributed by atoms with Crippen LogP contribution in [0, 0.1) is 0 Å². The molecule has 154 valence electrons. The number of carbonyl (C=O) groups excluding carboxylic acids is 1. The number of nitrogens with one attached hydrogen (secondary N) is 2. The molecule has 7 heteroatoms. The van der Waals surface area contributed by atoms with Gasteiger partial charge in [-0.15, -0.1) is 0 Å². The Morgan fingerprint density at radius 2 is 1.86 bits per heavy atom. The summed E-state index contributed by atoms with van der Waals surface area (Å²) in [5, 5.41) is 6.22. The molecular weight excluding hydrogens is 364 g/mol. The summed E-state index contributed by atoms with van der Waals surface area (Å²) < 4.78 is 1.97. The molecular formula is C22H30N6O. The number of aromatic nitrogens is 3. The van der Waals surface area contributed by atoms with Crippen LogP contribution in [-0.4, -0.2) is 50.5 Å². The van der Waals surface area contributed by atoms with Gasteiger partial charge in [-0.3, -0.25) is 9.69 Å². The summed E-state index contributed by atoms with van der Waals surface area (Å²) in [5.41, 5.74) is 2.51. The van der Waals surface area contributed by atoms with Crippen molar-refractivity contribution >= 4 is 28.7 Å². The fourth-order valence-electron chi connectivity index (χ4n) is 3.53. The van der Waals surface area contributed by atoms with Crippen LogP contribution in [0.5, 0.6) is 0 Å². The highest BCUT2D eigenvalue weighted by atomic mass is 16.1. The lowest BCUT2D eigenvalue weighted by Gasteiger charge is -2.30. The number of carbonyl (C=O) groups is 1. The minimum absolute atomic E-state index is 0.104. The van der Waals surface area contributed by atoms with E-state index in [1.54, 1.807) is 18.3 Å². The van der Waals surface area contributed by atoms with Crippen molar-refractivity contribution in [3.63, 3.8) is 0 Å². The topological polar surface area (TPSA) is 75.1 Å². The molecule has 0 aliphatic rings. The molecule has 0 bridgehead atoms. The maximum absolute atomic E-state index is 12.6. The van der Waals surface area contributed by atoms with E-state index in [1.807, 2.05) is 35.9 Å². The smallest absolute Gasteiger partial charge is 0.251 e. The van der Waals surface area contributed by atoms with Crippen molar-refractivity contribution in [3.05, 3.63) is 48.2 Å². The Kier molecular flexibility index (Phi) is 6.49. The largest absolute Gasteiger partial charge is 0.351 e. The standard InChI is InChI=1S/C22H30N6O/c1-15(2)28(16(3)4)13-12-24-21(29)17-10-11-23-20(14-17)26-22-25-18-8-6-7-9-19(18)27(22)5/h6-11,14-16H,12-13H2,1-5H3,(H,24,29)(H,23,25,26). The van der Waals surface area contributed by atoms with E-state index in [4.69, 9.17) is 0 Å². The van der Waals surface area contributed by atoms with Crippen molar-refractivity contribution in [1.82, 2.24) is 24.8 Å². The number of pyridine rings is 1. The van der Waals surface area contributed by atoms with Gasteiger partial charge in [0, 0.05) is 44.0 Å². The van der Waals surface area contributed by atoms with E-state index in [0.29, 0.717) is 36.0 Å². The van der Waals surface area contributed by atoms with Gasteiger partial charge >= 0.3 is 0 Å². The SMILES string of the molecule is CC(C)N(CCNC(=O)c1ccnc(Nc2nc3ccccc3n2C)c1)C(C)C. The van der Waals surface area contributed by atoms with Crippen LogP contribution in [0.1, 0.15) is 38.1 Å². The maximum Gasteiger partial charge on any atom is 0.251 e. The number of fused-ring (bicyclic) bond motifs is 1. The van der Waals surface area contributed by atoms with Gasteiger partial charge in [0.15, 0.2) is 0 Å². The summed E-state index contributed by atoms with van der Waals surface area (Å²) in [7, 11) is 1.95. The summed E-state index contributed by atoms with van der Waals surface area (Å²) in [6.07, 6.45) is 1.63. The van der Waals surface area contributed by atoms with E-state index < -0.39 is 0 Å². The Labute approximate surface area is 172 Å². The number of imidazole rings is 1. The van der Waals surface area contributed by atoms with Crippen LogP contribution < -0.4 is 10.6 Å². The summed E-state index contributed by atoms with van der Waals surface area (Å²) in [6.45, 7) is 10.1. The summed E-state index contributed by atoms with van der Waals surface area (Å²) in [5.74, 6) is 1.16. The second-order valence-corrected chi connectivity index (χ2v) is 7.72. The molecule has 3 aromatic rings. The summed E-state index contributed by atoms with van der Waals surface area (Å²) in [4.78, 5) is 23.8. The predicted molar refractivity (Wildman–Crippen MR) is 118 cm³/mol. The number of para-hydroxylation sites is 2. The van der Waals surface area contributed by atoms with E-state index in [1.165, 1.54) is 0 Å². The number of hydrogen-bond donors (Lipinski definition) is 2. The maximum atomic E-state index is 12.6. The molecule has 0 spiro atoms. The first kappa shape index (κ1) is 20.8. The third kappa shape index (κ3) is 4.92. The van der Waals surface area contributed by atoms with Crippen LogP contribution in [0.25, 0.3) is 11.0 Å². The average Bonchev–Trinajstić information content (AvgIpc) is 3.00. The molecule has 29 heavy (non-hydrogen) atoms. The van der Waals surface area contributed by atoms with Gasteiger partial charge in [-0.1, -0.05) is 12.1 Å². The van der Waals surface area contributed by atoms with Gasteiger partial charge in [-0.2, -0.15) is 0 Å². The Bertz CT molecular complexity index is 970. The van der Waals surface area contributed by atoms with Gasteiger partial charge in [-0.05, 0) is 52.0 Å². The Morgan fingerprint density at radius 3 is 2.55 bits per heavy atom. The zero-order valence-corrected chi connectivity index (χ0v) is 17.8. The predicted octanol–water partition coefficient (Wildman–Crippen LogP) is 3.56. The molecule has 0 radical (unpaired) electrons. The number of aryl methyl sites for hydroxylation is 1. The molecule has 3 rings (SSSR count). The van der Waals surface area contributed by atoms with Gasteiger partial charge in [0.25, 0.3) is 5.91 Å². The van der Waals surface area contributed by atoms with Crippen LogP contribution in [0.3, 0.4) is 0 Å². The third-order valence-corrected chi connectivity index (χ3v) is 5.03. The molecule has 2 aromatic heterocycles. The van der Waals surface area contributed by atoms with Gasteiger partial charge in [-0.25, -0.2) is 9.97 Å². The van der Waals surface area contributed by atoms with Crippen molar-refractivity contribution in [2.24, 2.45) is 7.05 Å². The Hall–Kier alpha value is -2.93. The van der Waals surface area contributed by atoms with Gasteiger partial charge in [0.05, 0.1) is 11.0 Å². The minimum atomic E-state index is -0.104. The van der Waals surface area contributed by atoms with Crippen LogP contribution in [0.15, 0.2) is 42.6 Å². The van der Waals surface area contributed by atoms with Crippen LogP contribution in [0.2, 0.25) is 0 Å². The molecule has 0 unspecified atom stereocenters. The van der Waals surface area contributed by atoms with E-state index in [-0.39, 0.29) is 5.91 Å². The average molecular weight is 395 g/mol. The first-order valence-electron chi connectivity index (χ1n) is 10.0. The van der Waals surface area contributed by atoms with Crippen LogP contribution in [-0.2, 0) is 7.05 Å². The van der Waals surface area contributed by atoms with E-state index in [2.05, 4.69) is 53.2 Å². The van der Waals surface area contributed by atoms with Crippen molar-refractivity contribution in [2.45, 2.75) is 39.8 Å². The highest BCUT2D eigenvalue weighted by Crippen LogP contribution is 2.20. The summed E-state index contributed by atoms with van der Waals surface area (Å²) >= 11 is 0. The van der Waals surface area contributed by atoms with Crippen LogP contribution >= 0.6 is 0 Å². The van der Waals surface area contributed by atoms with E-state index in [0.717, 1.165) is 17.6 Å². The Balaban J connectivity index is 1.65. The Morgan fingerprint density at radius 1 is 1.14 bits per heavy atom. The number of hydrogen-bond acceptors (Lipinski definition) is 5. The molecule has 0 saturated carbocycles. The molecule has 0 aliphatic heterocycles. The molecule has 2 N–H and O–H groups in total. The molecule has 0 fully saturated rings. The molecule has 1 amide bonds. The van der Waals surface area contributed by atoms with Crippen molar-refractivity contribution < 1.29 is 4.79 Å². The molecule has 1 aromatic carbocycles. The molecule has 7 nitrogen and oxygen atoms in total. The van der Waals surface area contributed by atoms with Crippen molar-refractivity contribution in [2.75, 3.05) is 18.4 Å². The molecule has 0 atom stereocenters. The lowest BCUT2D eigenvalue weighted by atomic mass is 10.2. The minimum Gasteiger partial charge on any atom is -0.351 e. The number of benzene rings is 1. The molecule has 0 aliphatic carbocycles. The monoisotopic (exact) mass is 394 g/mol. The first-order chi connectivity index (χ1) is 13.9. The lowest BCUT2D eigenvalue weighted by molar-refractivity contribution is 0.0939. The zero-order valence-electron chi connectivity index (χ0n) is 17.8. The van der Waals surface area contributed by atoms with E-state index >= 15 is 0 Å². The van der Waals surface area contributed by atoms with Gasteiger partial charge in [0.2, 0.25) is 5.95 Å². The normalized spacial score (nSPS) is 11.6. The quantitative estimate of drug-likeness (QED) is 0.611. The molecule has 2 heterocycles. The number of anilines is 2. The fraction of sp³-hybridized carbons (Fsp3) is 0.409. The second kappa shape index (κ2) is 9.05. The highest BCUT2D eigenvalue weighted by Gasteiger charge is 2.14. The zero-order chi connectivity index (χ0) is 21.0. The number of amides is 1. The highest BCUT2D eigenvalue weighted by molar-refractivity contribution is 5.94. The summed E-state index contributed by atoms with van der Waals surface area (Å²) in [6, 6.07) is 12.3. The third-order valence-electron chi connectivity index (χ3n) is 5.03. The molecule has 0 saturated heterocycles. The van der Waals surface area contributed by atoms with Crippen molar-refractivity contribution in [1.29, 1.82) is 0 Å². The second-order valence-electron chi connectivity index (χ2n) is 7.72. The number of nitrogens with zero attached hydrogens (tertiary/aromatic N) is 4. The van der Waals surface area contributed by atoms with Gasteiger partial charge < -0.3 is 15.2 Å². The van der Waals surface area contributed by atoms with Crippen molar-refractivity contribution in [3.8, 4) is 0 Å². The lowest BCUT2D eigenvalue weighted by Crippen LogP contribution is -2.42. The van der Waals surface area contributed by atoms with E-state index in [9.17, 15) is 4.79 Å². The fourth-order valence-corrected chi connectivity index (χ4v) is 3.53. The van der Waals surface area contributed by atoms with Crippen LogP contribution in [0.4, 0.5) is 11.8 Å². The first-order valence-corrected chi connectivity index (χ1v) is 10.0. The number of rotatable bonds is 8. The van der Waals surface area contributed by atoms with Gasteiger partial charge in [0.1, 0.15) is 5.82 Å².